The molecule has 25 heteroatoms. The maximum Gasteiger partial charge on any atom is 0.410 e. The number of nitrogens with one attached hydrogen (secondary N) is 3. The first-order valence-electron chi connectivity index (χ1n) is 29.4. The van der Waals surface area contributed by atoms with Crippen LogP contribution in [0.5, 0.6) is 0 Å². The van der Waals surface area contributed by atoms with Crippen molar-refractivity contribution in [1.29, 1.82) is 0 Å². The second-order valence-corrected chi connectivity index (χ2v) is 26.7. The zero-order valence-electron chi connectivity index (χ0n) is 51.7. The number of pyridine rings is 2. The molecule has 2 atom stereocenters. The lowest BCUT2D eigenvalue weighted by Gasteiger charge is -2.36. The molecule has 8 aromatic rings. The number of hydrogen-bond donors (Lipinski definition) is 5. The van der Waals surface area contributed by atoms with Crippen molar-refractivity contribution in [2.45, 2.75) is 117 Å². The molecule has 7 N–H and O–H groups in total. The van der Waals surface area contributed by atoms with Gasteiger partial charge < -0.3 is 30.9 Å². The van der Waals surface area contributed by atoms with Crippen molar-refractivity contribution in [2.75, 3.05) is 29.6 Å². The molecule has 0 radical (unpaired) electrons. The number of nitrogens with two attached hydrogens (primary N) is 2. The third-order valence-electron chi connectivity index (χ3n) is 14.3. The molecule has 476 valence electrons. The molecule has 2 saturated heterocycles. The topological polar surface area (TPSA) is 302 Å². The average Bonchev–Trinajstić information content (AvgIpc) is 1.67. The molecule has 0 aliphatic carbocycles. The zero-order valence-corrected chi connectivity index (χ0v) is 54.1. The summed E-state index contributed by atoms with van der Waals surface area (Å²) in [6.45, 7) is 14.9. The van der Waals surface area contributed by atoms with Gasteiger partial charge in [-0.2, -0.15) is 0 Å². The van der Waals surface area contributed by atoms with E-state index in [2.05, 4.69) is 25.6 Å². The highest BCUT2D eigenvalue weighted by molar-refractivity contribution is 7.74. The molecule has 22 nitrogen and oxygen atoms in total. The molecule has 2 aliphatic rings. The minimum atomic E-state index is -3.13. The number of anilines is 2. The number of nitrogens with zero attached hydrogens (tertiary/aromatic N) is 7. The fourth-order valence-corrected chi connectivity index (χ4v) is 12.0. The predicted molar refractivity (Wildman–Crippen MR) is 350 cm³/mol. The number of H-pyrrole nitrogens is 1. The summed E-state index contributed by atoms with van der Waals surface area (Å²) < 4.78 is 29.9. The van der Waals surface area contributed by atoms with E-state index in [9.17, 15) is 33.3 Å². The molecule has 0 spiro atoms. The third-order valence-corrected chi connectivity index (χ3v) is 17.0. The van der Waals surface area contributed by atoms with Crippen molar-refractivity contribution in [2.24, 2.45) is 5.90 Å². The zero-order chi connectivity index (χ0) is 65.8. The summed E-state index contributed by atoms with van der Waals surface area (Å²) in [6.07, 6.45) is 6.93. The van der Waals surface area contributed by atoms with E-state index < -0.39 is 36.8 Å². The van der Waals surface area contributed by atoms with Crippen LogP contribution in [-0.4, -0.2) is 99.3 Å². The molecule has 0 saturated carbocycles. The van der Waals surface area contributed by atoms with E-state index in [1.807, 2.05) is 77.9 Å². The fourth-order valence-electron chi connectivity index (χ4n) is 10.1. The number of hydrogen-bond acceptors (Lipinski definition) is 16. The number of amides is 4. The fraction of sp³-hybridized carbons (Fsp3) is 0.303. The molecule has 2 aliphatic heterocycles. The van der Waals surface area contributed by atoms with E-state index >= 15 is 0 Å². The van der Waals surface area contributed by atoms with E-state index in [-0.39, 0.29) is 35.1 Å². The molecule has 4 aromatic heterocycles. The van der Waals surface area contributed by atoms with Crippen LogP contribution < -0.4 is 33.0 Å². The van der Waals surface area contributed by atoms with Crippen molar-refractivity contribution in [3.63, 3.8) is 0 Å². The SMILES string of the molecule is CC(=O)c1[nH]c([C@@H]2CCCCN2C(=O)OC(C)(C)C)nc1-c1ccc(C(=O)Nc2ccc(Cl)cn2)cc1.CC(=O)c1c(-c2ccc(C(=O)Nc3ccc(Cl)cn3)cc2)nc([C@@H]2CCCCN2C(=O)OC(C)(C)C)n1N.NOP(=O)(c1ccccc1)c1ccccc1. The van der Waals surface area contributed by atoms with Gasteiger partial charge in [-0.25, -0.2) is 44.7 Å². The first-order valence-corrected chi connectivity index (χ1v) is 31.8. The third kappa shape index (κ3) is 17.5. The Kier molecular flexibility index (Phi) is 22.2. The molecule has 10 rings (SSSR count). The van der Waals surface area contributed by atoms with Crippen LogP contribution in [0, 0.1) is 0 Å². The number of ketones is 2. The largest absolute Gasteiger partial charge is 0.444 e. The Balaban J connectivity index is 0.000000190. The Labute approximate surface area is 537 Å². The number of ether oxygens (including phenoxy) is 2. The molecule has 91 heavy (non-hydrogen) atoms. The number of halogens is 2. The summed E-state index contributed by atoms with van der Waals surface area (Å²) in [5.41, 5.74) is 2.27. The van der Waals surface area contributed by atoms with Gasteiger partial charge in [0, 0.05) is 72.2 Å². The lowest BCUT2D eigenvalue weighted by atomic mass is 10.0. The van der Waals surface area contributed by atoms with Crippen LogP contribution in [0.1, 0.15) is 159 Å². The van der Waals surface area contributed by atoms with Crippen LogP contribution in [0.4, 0.5) is 21.2 Å². The van der Waals surface area contributed by atoms with Crippen LogP contribution in [0.15, 0.2) is 146 Å². The molecule has 0 unspecified atom stereocenters. The smallest absolute Gasteiger partial charge is 0.410 e. The van der Waals surface area contributed by atoms with Crippen molar-refractivity contribution in [3.8, 4) is 22.5 Å². The van der Waals surface area contributed by atoms with Crippen molar-refractivity contribution in [3.05, 3.63) is 190 Å². The van der Waals surface area contributed by atoms with Crippen molar-refractivity contribution >= 4 is 88.4 Å². The Morgan fingerprint density at radius 2 is 1.02 bits per heavy atom. The van der Waals surface area contributed by atoms with Gasteiger partial charge in [0.15, 0.2) is 17.4 Å². The summed E-state index contributed by atoms with van der Waals surface area (Å²) in [6, 6.07) is 37.2. The van der Waals surface area contributed by atoms with Gasteiger partial charge in [0.1, 0.15) is 45.7 Å². The van der Waals surface area contributed by atoms with Crippen LogP contribution in [0.25, 0.3) is 22.5 Å². The Morgan fingerprint density at radius 3 is 1.43 bits per heavy atom. The first kappa shape index (κ1) is 67.9. The number of carbonyl (C=O) groups excluding carboxylic acids is 6. The van der Waals surface area contributed by atoms with Gasteiger partial charge in [0.05, 0.1) is 27.8 Å². The maximum atomic E-state index is 13.0. The van der Waals surface area contributed by atoms with Crippen LogP contribution >= 0.6 is 30.6 Å². The number of carbonyl (C=O) groups is 6. The number of piperidine rings is 2. The van der Waals surface area contributed by atoms with Gasteiger partial charge in [-0.05, 0) is 153 Å². The lowest BCUT2D eigenvalue weighted by molar-refractivity contribution is 0.00739. The van der Waals surface area contributed by atoms with E-state index in [4.69, 9.17) is 59.0 Å². The van der Waals surface area contributed by atoms with Gasteiger partial charge in [-0.3, -0.25) is 33.5 Å². The minimum Gasteiger partial charge on any atom is -0.444 e. The Hall–Kier alpha value is -9.05. The second kappa shape index (κ2) is 29.7. The number of benzene rings is 4. The first-order chi connectivity index (χ1) is 43.2. The lowest BCUT2D eigenvalue weighted by Crippen LogP contribution is -2.43. The van der Waals surface area contributed by atoms with Gasteiger partial charge >= 0.3 is 12.2 Å². The summed E-state index contributed by atoms with van der Waals surface area (Å²) in [7, 11) is -3.13. The highest BCUT2D eigenvalue weighted by Crippen LogP contribution is 2.42. The normalized spacial score (nSPS) is 15.0. The summed E-state index contributed by atoms with van der Waals surface area (Å²) in [4.78, 5) is 100. The van der Waals surface area contributed by atoms with E-state index in [1.165, 1.54) is 30.9 Å². The van der Waals surface area contributed by atoms with Gasteiger partial charge in [0.2, 0.25) is 0 Å². The molecule has 4 amide bonds. The molecular formula is C66H73Cl2N12O10P. The number of likely N-dealkylation sites (tertiary alicyclic amines) is 2. The standard InChI is InChI=1S/C27H31ClN6O4.C27H30ClN5O4.C12H12NO2P/c1-16(35)23-22(17-8-10-18(11-9-17)25(36)31-21-13-12-19(28)15-30-21)32-24(34(23)29)20-7-5-6-14-33(20)26(37)38-27(2,3)4;1-16(34)22-23(17-8-10-18(11-9-17)25(35)30-21-13-12-19(28)15-29-21)32-24(31-22)20-7-5-6-14-33(20)26(36)37-27(2,3)4;13-15-16(14,11-7-3-1-4-8-11)12-9-5-2-6-10-12/h8-13,15,20H,5-7,14,29H2,1-4H3,(H,30,31,36);8-13,15,20H,5-7,14H2,1-4H3,(H,31,32)(H,29,30,35);1-10H,13H2/t2*20-;/m00./s1. The number of aromatic amines is 1. The van der Waals surface area contributed by atoms with Gasteiger partial charge in [-0.15, -0.1) is 0 Å². The molecule has 0 bridgehead atoms. The van der Waals surface area contributed by atoms with E-state index in [1.54, 1.807) is 107 Å². The minimum absolute atomic E-state index is 0.177. The summed E-state index contributed by atoms with van der Waals surface area (Å²) in [5, 5.41) is 7.57. The number of nitrogen functional groups attached to an aromatic ring is 1. The summed E-state index contributed by atoms with van der Waals surface area (Å²) in [5.74, 6) is 12.2. The molecule has 4 aromatic carbocycles. The molecule has 2 fully saturated rings. The molecule has 6 heterocycles. The highest BCUT2D eigenvalue weighted by atomic mass is 35.5. The molecular weight excluding hydrogens is 1220 g/mol. The van der Waals surface area contributed by atoms with Gasteiger partial charge in [0.25, 0.3) is 19.2 Å². The highest BCUT2D eigenvalue weighted by Gasteiger charge is 2.37. The van der Waals surface area contributed by atoms with Crippen LogP contribution in [0.3, 0.4) is 0 Å². The van der Waals surface area contributed by atoms with Gasteiger partial charge in [-0.1, -0.05) is 83.9 Å². The Bertz CT molecular complexity index is 3870. The number of Topliss-reactive ketones (excluding diaryl/α,β-unsaturated/α-hetero) is 2. The quantitative estimate of drug-likeness (QED) is 0.0310. The van der Waals surface area contributed by atoms with Crippen molar-refractivity contribution < 1.29 is 47.4 Å². The second-order valence-electron chi connectivity index (χ2n) is 23.5. The Morgan fingerprint density at radius 1 is 0.582 bits per heavy atom. The number of imidazole rings is 2. The number of aromatic nitrogens is 6. The van der Waals surface area contributed by atoms with Crippen molar-refractivity contribution in [1.82, 2.24) is 39.4 Å². The van der Waals surface area contributed by atoms with Crippen LogP contribution in [-0.2, 0) is 18.7 Å². The maximum absolute atomic E-state index is 13.0. The monoisotopic (exact) mass is 1290 g/mol. The van der Waals surface area contributed by atoms with Crippen LogP contribution in [0.2, 0.25) is 10.0 Å². The predicted octanol–water partition coefficient (Wildman–Crippen LogP) is 13.1. The average molecular weight is 1300 g/mol. The number of rotatable bonds is 13. The van der Waals surface area contributed by atoms with E-state index in [0.29, 0.717) is 109 Å². The van der Waals surface area contributed by atoms with E-state index in [0.717, 1.165) is 25.7 Å². The summed E-state index contributed by atoms with van der Waals surface area (Å²) >= 11 is 11.7.